The molecule has 2 aromatic rings. The lowest BCUT2D eigenvalue weighted by Crippen LogP contribution is -1.98. The molecule has 0 aliphatic carbocycles. The zero-order chi connectivity index (χ0) is 11.7. The van der Waals surface area contributed by atoms with Gasteiger partial charge in [0, 0.05) is 14.7 Å². The largest absolute Gasteiger partial charge is 0.383 e. The monoisotopic (exact) mass is 300 g/mol. The summed E-state index contributed by atoms with van der Waals surface area (Å²) in [6.07, 6.45) is -0.685. The highest BCUT2D eigenvalue weighted by molar-refractivity contribution is 9.10. The van der Waals surface area contributed by atoms with E-state index in [2.05, 4.69) is 15.9 Å². The van der Waals surface area contributed by atoms with Gasteiger partial charge in [0.15, 0.2) is 0 Å². The van der Waals surface area contributed by atoms with Crippen LogP contribution in [0.1, 0.15) is 22.1 Å². The molecule has 0 radical (unpaired) electrons. The number of rotatable bonds is 2. The summed E-state index contributed by atoms with van der Waals surface area (Å²) in [5, 5.41) is 12.0. The highest BCUT2D eigenvalue weighted by Crippen LogP contribution is 2.30. The van der Waals surface area contributed by atoms with E-state index in [1.807, 2.05) is 11.4 Å². The summed E-state index contributed by atoms with van der Waals surface area (Å²) in [5.41, 5.74) is 1.26. The Balaban J connectivity index is 2.33. The van der Waals surface area contributed by atoms with Gasteiger partial charge in [-0.3, -0.25) is 0 Å². The summed E-state index contributed by atoms with van der Waals surface area (Å²) in [5.74, 6) is -0.247. The Labute approximate surface area is 106 Å². The number of aliphatic hydroxyl groups excluding tert-OH is 1. The molecule has 0 spiro atoms. The van der Waals surface area contributed by atoms with E-state index < -0.39 is 6.10 Å². The fraction of sp³-hybridized carbons (Fsp3) is 0.167. The number of thiophene rings is 1. The van der Waals surface area contributed by atoms with Crippen molar-refractivity contribution in [3.05, 3.63) is 55.9 Å². The SMILES string of the molecule is Cc1cc(C(O)c2cc(Br)cs2)ccc1F. The van der Waals surface area contributed by atoms with E-state index in [1.165, 1.54) is 17.4 Å². The quantitative estimate of drug-likeness (QED) is 0.887. The first-order valence-electron chi connectivity index (χ1n) is 4.76. The minimum absolute atomic E-state index is 0.247. The van der Waals surface area contributed by atoms with E-state index in [0.29, 0.717) is 11.1 Å². The number of benzene rings is 1. The molecule has 2 rings (SSSR count). The topological polar surface area (TPSA) is 20.2 Å². The Kier molecular flexibility index (Phi) is 3.42. The van der Waals surface area contributed by atoms with Crippen LogP contribution in [0.5, 0.6) is 0 Å². The maximum atomic E-state index is 13.1. The normalized spacial score (nSPS) is 12.8. The summed E-state index contributed by atoms with van der Waals surface area (Å²) in [6, 6.07) is 6.54. The Hall–Kier alpha value is -0.710. The Bertz CT molecular complexity index is 509. The Morgan fingerprint density at radius 1 is 1.38 bits per heavy atom. The van der Waals surface area contributed by atoms with Crippen LogP contribution in [-0.4, -0.2) is 5.11 Å². The number of aryl methyl sites for hydroxylation is 1. The van der Waals surface area contributed by atoms with E-state index >= 15 is 0 Å². The molecule has 1 aromatic carbocycles. The van der Waals surface area contributed by atoms with Crippen LogP contribution < -0.4 is 0 Å². The molecule has 0 aliphatic rings. The lowest BCUT2D eigenvalue weighted by molar-refractivity contribution is 0.224. The lowest BCUT2D eigenvalue weighted by Gasteiger charge is -2.09. The van der Waals surface area contributed by atoms with Crippen LogP contribution in [-0.2, 0) is 0 Å². The maximum absolute atomic E-state index is 13.1. The molecule has 0 saturated heterocycles. The van der Waals surface area contributed by atoms with Crippen molar-refractivity contribution >= 4 is 27.3 Å². The van der Waals surface area contributed by atoms with E-state index in [0.717, 1.165) is 9.35 Å². The first-order chi connectivity index (χ1) is 7.58. The molecule has 0 saturated carbocycles. The van der Waals surface area contributed by atoms with Gasteiger partial charge < -0.3 is 5.11 Å². The second-order valence-electron chi connectivity index (χ2n) is 3.58. The van der Waals surface area contributed by atoms with E-state index in [4.69, 9.17) is 0 Å². The summed E-state index contributed by atoms with van der Waals surface area (Å²) in [4.78, 5) is 0.845. The first kappa shape index (κ1) is 11.8. The second-order valence-corrected chi connectivity index (χ2v) is 5.44. The minimum Gasteiger partial charge on any atom is -0.383 e. The molecule has 0 amide bonds. The molecule has 4 heteroatoms. The third-order valence-electron chi connectivity index (χ3n) is 2.35. The summed E-state index contributed by atoms with van der Waals surface area (Å²) in [7, 11) is 0. The average Bonchev–Trinajstić information content (AvgIpc) is 2.68. The fourth-order valence-electron chi connectivity index (χ4n) is 1.47. The standard InChI is InChI=1S/C12H10BrFOS/c1-7-4-8(2-3-10(7)14)12(15)11-5-9(13)6-16-11/h2-6,12,15H,1H3. The first-order valence-corrected chi connectivity index (χ1v) is 6.43. The van der Waals surface area contributed by atoms with Crippen molar-refractivity contribution in [2.24, 2.45) is 0 Å². The molecule has 1 heterocycles. The van der Waals surface area contributed by atoms with Crippen molar-refractivity contribution in [1.29, 1.82) is 0 Å². The van der Waals surface area contributed by atoms with Gasteiger partial charge >= 0.3 is 0 Å². The van der Waals surface area contributed by atoms with Crippen molar-refractivity contribution in [3.63, 3.8) is 0 Å². The van der Waals surface area contributed by atoms with Gasteiger partial charge in [0.2, 0.25) is 0 Å². The predicted octanol–water partition coefficient (Wildman–Crippen LogP) is 4.04. The Morgan fingerprint density at radius 3 is 2.69 bits per heavy atom. The molecule has 0 fully saturated rings. The number of aliphatic hydroxyl groups is 1. The summed E-state index contributed by atoms with van der Waals surface area (Å²) < 4.78 is 14.0. The molecular weight excluding hydrogens is 291 g/mol. The fourth-order valence-corrected chi connectivity index (χ4v) is 2.93. The minimum atomic E-state index is -0.685. The van der Waals surface area contributed by atoms with Crippen molar-refractivity contribution in [2.45, 2.75) is 13.0 Å². The smallest absolute Gasteiger partial charge is 0.126 e. The van der Waals surface area contributed by atoms with E-state index in [9.17, 15) is 9.50 Å². The maximum Gasteiger partial charge on any atom is 0.126 e. The zero-order valence-corrected chi connectivity index (χ0v) is 11.0. The van der Waals surface area contributed by atoms with Gasteiger partial charge in [-0.15, -0.1) is 11.3 Å². The molecular formula is C12H10BrFOS. The number of hydrogen-bond acceptors (Lipinski definition) is 2. The van der Waals surface area contributed by atoms with Gasteiger partial charge in [0.05, 0.1) is 0 Å². The average molecular weight is 301 g/mol. The number of halogens is 2. The molecule has 1 aromatic heterocycles. The van der Waals surface area contributed by atoms with Gasteiger partial charge in [-0.1, -0.05) is 12.1 Å². The van der Waals surface area contributed by atoms with Crippen LogP contribution in [0.25, 0.3) is 0 Å². The lowest BCUT2D eigenvalue weighted by atomic mass is 10.1. The molecule has 0 aliphatic heterocycles. The zero-order valence-electron chi connectivity index (χ0n) is 8.58. The van der Waals surface area contributed by atoms with Crippen molar-refractivity contribution in [2.75, 3.05) is 0 Å². The van der Waals surface area contributed by atoms with Crippen molar-refractivity contribution < 1.29 is 9.50 Å². The van der Waals surface area contributed by atoms with Crippen molar-refractivity contribution in [3.8, 4) is 0 Å². The van der Waals surface area contributed by atoms with Crippen LogP contribution in [0.2, 0.25) is 0 Å². The van der Waals surface area contributed by atoms with Crippen LogP contribution in [0.15, 0.2) is 34.1 Å². The van der Waals surface area contributed by atoms with Gasteiger partial charge in [0.1, 0.15) is 11.9 Å². The van der Waals surface area contributed by atoms with Crippen LogP contribution in [0, 0.1) is 12.7 Å². The third-order valence-corrected chi connectivity index (χ3v) is 4.10. The van der Waals surface area contributed by atoms with Gasteiger partial charge in [-0.25, -0.2) is 4.39 Å². The van der Waals surface area contributed by atoms with Gasteiger partial charge in [0.25, 0.3) is 0 Å². The molecule has 1 atom stereocenters. The van der Waals surface area contributed by atoms with E-state index in [-0.39, 0.29) is 5.82 Å². The molecule has 16 heavy (non-hydrogen) atoms. The van der Waals surface area contributed by atoms with Gasteiger partial charge in [-0.2, -0.15) is 0 Å². The molecule has 1 nitrogen and oxygen atoms in total. The number of hydrogen-bond donors (Lipinski definition) is 1. The summed E-state index contributed by atoms with van der Waals surface area (Å²) in [6.45, 7) is 1.69. The van der Waals surface area contributed by atoms with Crippen LogP contribution in [0.4, 0.5) is 4.39 Å². The van der Waals surface area contributed by atoms with E-state index in [1.54, 1.807) is 19.1 Å². The predicted molar refractivity (Wildman–Crippen MR) is 67.2 cm³/mol. The van der Waals surface area contributed by atoms with Crippen LogP contribution in [0.3, 0.4) is 0 Å². The highest BCUT2D eigenvalue weighted by Gasteiger charge is 2.13. The highest BCUT2D eigenvalue weighted by atomic mass is 79.9. The second kappa shape index (κ2) is 4.65. The molecule has 0 bridgehead atoms. The molecule has 1 N–H and O–H groups in total. The molecule has 1 unspecified atom stereocenters. The van der Waals surface area contributed by atoms with Crippen molar-refractivity contribution in [1.82, 2.24) is 0 Å². The third kappa shape index (κ3) is 2.34. The van der Waals surface area contributed by atoms with Crippen LogP contribution >= 0.6 is 27.3 Å². The summed E-state index contributed by atoms with van der Waals surface area (Å²) >= 11 is 4.81. The molecule has 84 valence electrons. The Morgan fingerprint density at radius 2 is 2.12 bits per heavy atom. The van der Waals surface area contributed by atoms with Gasteiger partial charge in [-0.05, 0) is 46.1 Å².